The minimum absolute atomic E-state index is 0.0498. The third-order valence-electron chi connectivity index (χ3n) is 5.47. The number of thioether (sulfide) groups is 1. The SMILES string of the molecule is CC(=O)c1cccc(NC(=O)C(Sc2nnc(C3CCCCC3)o2)c2ccccc2)c1. The molecular weight excluding hydrogens is 410 g/mol. The van der Waals surface area contributed by atoms with Gasteiger partial charge in [-0.3, -0.25) is 9.59 Å². The number of hydrogen-bond donors (Lipinski definition) is 1. The largest absolute Gasteiger partial charge is 0.416 e. The molecule has 1 aromatic heterocycles. The van der Waals surface area contributed by atoms with Gasteiger partial charge in [0.05, 0.1) is 0 Å². The van der Waals surface area contributed by atoms with E-state index in [-0.39, 0.29) is 11.7 Å². The molecule has 1 amide bonds. The van der Waals surface area contributed by atoms with Gasteiger partial charge in [-0.15, -0.1) is 10.2 Å². The molecule has 0 aliphatic heterocycles. The van der Waals surface area contributed by atoms with Crippen LogP contribution < -0.4 is 5.32 Å². The molecule has 6 nitrogen and oxygen atoms in total. The van der Waals surface area contributed by atoms with Crippen LogP contribution in [0.15, 0.2) is 64.2 Å². The topological polar surface area (TPSA) is 85.1 Å². The summed E-state index contributed by atoms with van der Waals surface area (Å²) in [4.78, 5) is 24.9. The number of anilines is 1. The van der Waals surface area contributed by atoms with Gasteiger partial charge >= 0.3 is 0 Å². The van der Waals surface area contributed by atoms with Crippen LogP contribution in [-0.2, 0) is 4.79 Å². The second-order valence-electron chi connectivity index (χ2n) is 7.78. The average Bonchev–Trinajstić information content (AvgIpc) is 3.27. The standard InChI is InChI=1S/C24H25N3O3S/c1-16(28)19-13-8-14-20(15-19)25-22(29)21(17-9-4-2-5-10-17)31-24-27-26-23(30-24)18-11-6-3-7-12-18/h2,4-5,8-10,13-15,18,21H,3,6-7,11-12H2,1H3,(H,25,29). The third kappa shape index (κ3) is 5.41. The van der Waals surface area contributed by atoms with Gasteiger partial charge in [-0.2, -0.15) is 0 Å². The zero-order valence-corrected chi connectivity index (χ0v) is 18.2. The van der Waals surface area contributed by atoms with Gasteiger partial charge in [-0.05, 0) is 49.2 Å². The molecule has 31 heavy (non-hydrogen) atoms. The van der Waals surface area contributed by atoms with E-state index in [2.05, 4.69) is 15.5 Å². The Hall–Kier alpha value is -2.93. The van der Waals surface area contributed by atoms with Crippen molar-refractivity contribution in [3.05, 3.63) is 71.6 Å². The Morgan fingerprint density at radius 3 is 2.55 bits per heavy atom. The number of rotatable bonds is 7. The lowest BCUT2D eigenvalue weighted by molar-refractivity contribution is -0.115. The van der Waals surface area contributed by atoms with Gasteiger partial charge in [-0.25, -0.2) is 0 Å². The maximum Gasteiger partial charge on any atom is 0.277 e. The number of aromatic nitrogens is 2. The Bertz CT molecular complexity index is 1040. The van der Waals surface area contributed by atoms with Crippen molar-refractivity contribution >= 4 is 29.1 Å². The Morgan fingerprint density at radius 2 is 1.81 bits per heavy atom. The van der Waals surface area contributed by atoms with Gasteiger partial charge in [0.15, 0.2) is 5.78 Å². The highest BCUT2D eigenvalue weighted by atomic mass is 32.2. The normalized spacial score (nSPS) is 15.4. The van der Waals surface area contributed by atoms with Crippen LogP contribution in [0.25, 0.3) is 0 Å². The predicted octanol–water partition coefficient (Wildman–Crippen LogP) is 5.79. The number of hydrogen-bond acceptors (Lipinski definition) is 6. The van der Waals surface area contributed by atoms with E-state index < -0.39 is 5.25 Å². The molecule has 3 aromatic rings. The molecule has 0 saturated heterocycles. The highest BCUT2D eigenvalue weighted by Gasteiger charge is 2.27. The summed E-state index contributed by atoms with van der Waals surface area (Å²) in [5.41, 5.74) is 1.97. The lowest BCUT2D eigenvalue weighted by atomic mass is 9.89. The maximum atomic E-state index is 13.2. The van der Waals surface area contributed by atoms with E-state index in [1.807, 2.05) is 30.3 Å². The average molecular weight is 436 g/mol. The van der Waals surface area contributed by atoms with E-state index in [1.165, 1.54) is 37.9 Å². The predicted molar refractivity (Wildman–Crippen MR) is 120 cm³/mol. The highest BCUT2D eigenvalue weighted by Crippen LogP contribution is 2.38. The first kappa shape index (κ1) is 21.3. The van der Waals surface area contributed by atoms with Crippen LogP contribution in [0.1, 0.15) is 72.0 Å². The van der Waals surface area contributed by atoms with E-state index in [0.29, 0.717) is 28.3 Å². The lowest BCUT2D eigenvalue weighted by Gasteiger charge is -2.17. The van der Waals surface area contributed by atoms with Gasteiger partial charge in [0.25, 0.3) is 5.22 Å². The van der Waals surface area contributed by atoms with Crippen molar-refractivity contribution in [1.82, 2.24) is 10.2 Å². The van der Waals surface area contributed by atoms with E-state index >= 15 is 0 Å². The van der Waals surface area contributed by atoms with Crippen molar-refractivity contribution in [2.24, 2.45) is 0 Å². The van der Waals surface area contributed by atoms with Crippen LogP contribution in [0, 0.1) is 0 Å². The van der Waals surface area contributed by atoms with Gasteiger partial charge in [0.1, 0.15) is 5.25 Å². The number of amides is 1. The summed E-state index contributed by atoms with van der Waals surface area (Å²) in [5.74, 6) is 0.720. The first-order chi connectivity index (χ1) is 15.1. The molecular formula is C24H25N3O3S. The molecule has 0 bridgehead atoms. The fraction of sp³-hybridized carbons (Fsp3) is 0.333. The molecule has 1 aliphatic rings. The van der Waals surface area contributed by atoms with E-state index in [0.717, 1.165) is 18.4 Å². The molecule has 1 unspecified atom stereocenters. The zero-order valence-electron chi connectivity index (χ0n) is 17.4. The summed E-state index contributed by atoms with van der Waals surface area (Å²) in [6.07, 6.45) is 5.77. The zero-order chi connectivity index (χ0) is 21.6. The Balaban J connectivity index is 1.54. The van der Waals surface area contributed by atoms with Crippen LogP contribution in [0.3, 0.4) is 0 Å². The number of Topliss-reactive ketones (excluding diaryl/α,β-unsaturated/α-hetero) is 1. The van der Waals surface area contributed by atoms with Crippen molar-refractivity contribution < 1.29 is 14.0 Å². The molecule has 0 radical (unpaired) electrons. The van der Waals surface area contributed by atoms with E-state index in [9.17, 15) is 9.59 Å². The van der Waals surface area contributed by atoms with E-state index in [4.69, 9.17) is 4.42 Å². The smallest absolute Gasteiger partial charge is 0.277 e. The fourth-order valence-electron chi connectivity index (χ4n) is 3.81. The highest BCUT2D eigenvalue weighted by molar-refractivity contribution is 8.00. The Kier molecular flexibility index (Phi) is 6.82. The van der Waals surface area contributed by atoms with Crippen molar-refractivity contribution in [1.29, 1.82) is 0 Å². The van der Waals surface area contributed by atoms with Crippen LogP contribution in [-0.4, -0.2) is 21.9 Å². The first-order valence-corrected chi connectivity index (χ1v) is 11.4. The second kappa shape index (κ2) is 9.92. The van der Waals surface area contributed by atoms with Gasteiger partial charge in [-0.1, -0.05) is 61.7 Å². The van der Waals surface area contributed by atoms with E-state index in [1.54, 1.807) is 24.3 Å². The number of benzene rings is 2. The molecule has 160 valence electrons. The minimum atomic E-state index is -0.568. The number of nitrogens with one attached hydrogen (secondary N) is 1. The van der Waals surface area contributed by atoms with Gasteiger partial charge in [0, 0.05) is 17.2 Å². The van der Waals surface area contributed by atoms with Crippen molar-refractivity contribution in [2.75, 3.05) is 5.32 Å². The van der Waals surface area contributed by atoms with Crippen molar-refractivity contribution in [3.8, 4) is 0 Å². The lowest BCUT2D eigenvalue weighted by Crippen LogP contribution is -2.19. The fourth-order valence-corrected chi connectivity index (χ4v) is 4.69. The van der Waals surface area contributed by atoms with Crippen LogP contribution in [0.5, 0.6) is 0 Å². The number of carbonyl (C=O) groups excluding carboxylic acids is 2. The number of nitrogens with zero attached hydrogens (tertiary/aromatic N) is 2. The quantitative estimate of drug-likeness (QED) is 0.373. The molecule has 1 fully saturated rings. The van der Waals surface area contributed by atoms with Gasteiger partial charge < -0.3 is 9.73 Å². The molecule has 1 aliphatic carbocycles. The molecule has 1 atom stereocenters. The summed E-state index contributed by atoms with van der Waals surface area (Å²) in [6, 6.07) is 16.4. The van der Waals surface area contributed by atoms with Crippen LogP contribution in [0.2, 0.25) is 0 Å². The van der Waals surface area contributed by atoms with Crippen LogP contribution in [0.4, 0.5) is 5.69 Å². The summed E-state index contributed by atoms with van der Waals surface area (Å²) in [6.45, 7) is 1.50. The Labute approximate surface area is 185 Å². The third-order valence-corrected chi connectivity index (χ3v) is 6.56. The maximum absolute atomic E-state index is 13.2. The minimum Gasteiger partial charge on any atom is -0.416 e. The van der Waals surface area contributed by atoms with Crippen LogP contribution >= 0.6 is 11.8 Å². The first-order valence-electron chi connectivity index (χ1n) is 10.6. The summed E-state index contributed by atoms with van der Waals surface area (Å²) in [7, 11) is 0. The molecule has 4 rings (SSSR count). The monoisotopic (exact) mass is 435 g/mol. The second-order valence-corrected chi connectivity index (χ2v) is 8.83. The molecule has 1 N–H and O–H groups in total. The number of carbonyl (C=O) groups is 2. The molecule has 1 saturated carbocycles. The summed E-state index contributed by atoms with van der Waals surface area (Å²) in [5, 5.41) is 11.2. The molecule has 7 heteroatoms. The molecule has 0 spiro atoms. The summed E-state index contributed by atoms with van der Waals surface area (Å²) < 4.78 is 5.94. The summed E-state index contributed by atoms with van der Waals surface area (Å²) >= 11 is 1.25. The van der Waals surface area contributed by atoms with Crippen molar-refractivity contribution in [3.63, 3.8) is 0 Å². The number of ketones is 1. The molecule has 2 aromatic carbocycles. The van der Waals surface area contributed by atoms with Gasteiger partial charge in [0.2, 0.25) is 11.8 Å². The Morgan fingerprint density at radius 1 is 1.03 bits per heavy atom. The van der Waals surface area contributed by atoms with Crippen molar-refractivity contribution in [2.45, 2.75) is 55.4 Å². The molecule has 1 heterocycles.